The van der Waals surface area contributed by atoms with Gasteiger partial charge in [0.2, 0.25) is 0 Å². The molecule has 5 heteroatoms. The minimum Gasteiger partial charge on any atom is -0.305 e. The molecule has 0 bridgehead atoms. The van der Waals surface area contributed by atoms with Gasteiger partial charge in [0.1, 0.15) is 0 Å². The molecule has 0 aliphatic rings. The van der Waals surface area contributed by atoms with E-state index in [2.05, 4.69) is 40.3 Å². The van der Waals surface area contributed by atoms with Gasteiger partial charge >= 0.3 is 0 Å². The Kier molecular flexibility index (Phi) is 8.70. The molecular weight excluding hydrogens is 595 g/mol. The Morgan fingerprint density at radius 1 is 0.576 bits per heavy atom. The molecule has 0 aliphatic heterocycles. The van der Waals surface area contributed by atoms with Crippen LogP contribution in [0.5, 0.6) is 0 Å². The molecule has 0 spiro atoms. The van der Waals surface area contributed by atoms with Gasteiger partial charge in [0, 0.05) is 32.5 Å². The molecule has 0 atom stereocenters. The van der Waals surface area contributed by atoms with E-state index >= 15 is 0 Å². The van der Waals surface area contributed by atoms with E-state index in [4.69, 9.17) is 0 Å². The zero-order valence-corrected chi connectivity index (χ0v) is 19.8. The minimum absolute atomic E-state index is 0. The maximum absolute atomic E-state index is 12.8. The Morgan fingerprint density at radius 2 is 1.33 bits per heavy atom. The fourth-order valence-corrected chi connectivity index (χ4v) is 3.06. The second-order valence-corrected chi connectivity index (χ2v) is 6.83. The van der Waals surface area contributed by atoms with Gasteiger partial charge < -0.3 is 9.97 Å². The summed E-state index contributed by atoms with van der Waals surface area (Å²) in [6.45, 7) is 0. The van der Waals surface area contributed by atoms with Crippen LogP contribution in [0.25, 0.3) is 33.6 Å². The van der Waals surface area contributed by atoms with Crippen molar-refractivity contribution in [3.63, 3.8) is 0 Å². The van der Waals surface area contributed by atoms with Crippen molar-refractivity contribution in [1.82, 2.24) is 9.97 Å². The van der Waals surface area contributed by atoms with Crippen molar-refractivity contribution in [3.05, 3.63) is 133 Å². The van der Waals surface area contributed by atoms with Gasteiger partial charge in [0.15, 0.2) is 0 Å². The van der Waals surface area contributed by atoms with Crippen molar-refractivity contribution in [3.8, 4) is 33.6 Å². The number of halogens is 2. The molecule has 2 aromatic heterocycles. The van der Waals surface area contributed by atoms with Gasteiger partial charge in [-0.25, -0.2) is 4.39 Å². The summed E-state index contributed by atoms with van der Waals surface area (Å²) >= 11 is 0. The number of rotatable bonds is 3. The molecular formula is C28H18F2IrN2-2. The maximum atomic E-state index is 12.8. The van der Waals surface area contributed by atoms with E-state index in [1.165, 1.54) is 11.1 Å². The van der Waals surface area contributed by atoms with Crippen molar-refractivity contribution < 1.29 is 28.9 Å². The Bertz CT molecular complexity index is 1230. The van der Waals surface area contributed by atoms with Crippen LogP contribution in [0, 0.1) is 23.8 Å². The summed E-state index contributed by atoms with van der Waals surface area (Å²) in [5.74, 6) is -1.78. The van der Waals surface area contributed by atoms with E-state index in [1.807, 2.05) is 54.7 Å². The smallest absolute Gasteiger partial charge is 0.0765 e. The van der Waals surface area contributed by atoms with E-state index in [-0.39, 0.29) is 20.1 Å². The third kappa shape index (κ3) is 6.48. The van der Waals surface area contributed by atoms with E-state index in [9.17, 15) is 8.78 Å². The summed E-state index contributed by atoms with van der Waals surface area (Å²) in [6, 6.07) is 35.5. The monoisotopic (exact) mass is 613 g/mol. The fourth-order valence-electron chi connectivity index (χ4n) is 3.06. The molecule has 0 saturated heterocycles. The van der Waals surface area contributed by atoms with Crippen LogP contribution in [0.15, 0.2) is 109 Å². The van der Waals surface area contributed by atoms with E-state index < -0.39 is 11.6 Å². The molecule has 2 heterocycles. The summed E-state index contributed by atoms with van der Waals surface area (Å²) < 4.78 is 25.4. The molecule has 33 heavy (non-hydrogen) atoms. The van der Waals surface area contributed by atoms with Crippen LogP contribution in [0.1, 0.15) is 0 Å². The summed E-state index contributed by atoms with van der Waals surface area (Å²) in [6.07, 6.45) is 3.43. The first kappa shape index (κ1) is 24.1. The zero-order valence-electron chi connectivity index (χ0n) is 17.4. The normalized spacial score (nSPS) is 9.88. The Balaban J connectivity index is 0.000000186. The molecule has 0 amide bonds. The summed E-state index contributed by atoms with van der Waals surface area (Å²) in [5, 5.41) is 0. The van der Waals surface area contributed by atoms with Crippen molar-refractivity contribution in [2.24, 2.45) is 0 Å². The van der Waals surface area contributed by atoms with Crippen LogP contribution >= 0.6 is 0 Å². The van der Waals surface area contributed by atoms with Crippen molar-refractivity contribution in [1.29, 1.82) is 0 Å². The third-order valence-corrected chi connectivity index (χ3v) is 4.65. The Morgan fingerprint density at radius 3 is 2.03 bits per heavy atom. The second kappa shape index (κ2) is 11.9. The number of hydrogen-bond acceptors (Lipinski definition) is 2. The SMILES string of the molecule is Fc1c[c-]c(-c2ccccn2)cc1F.[Ir].[c-]1ccccc1-c1cc(-c2ccccc2)ccn1. The number of pyridine rings is 2. The van der Waals surface area contributed by atoms with Crippen LogP contribution in [0.2, 0.25) is 0 Å². The molecule has 5 aromatic rings. The minimum atomic E-state index is -0.898. The number of aromatic nitrogens is 2. The standard InChI is InChI=1S/C17H12N.C11H6F2N.Ir/c1-3-7-14(8-4-1)16-11-12-18-17(13-16)15-9-5-2-6-10-15;12-9-5-4-8(7-10(9)13)11-3-1-2-6-14-11;/h1-9,11-13H;1-3,5-7H;/q2*-1;. The summed E-state index contributed by atoms with van der Waals surface area (Å²) in [4.78, 5) is 8.40. The molecule has 0 aliphatic carbocycles. The van der Waals surface area contributed by atoms with Gasteiger partial charge in [0.25, 0.3) is 0 Å². The van der Waals surface area contributed by atoms with Crippen LogP contribution in [0.3, 0.4) is 0 Å². The predicted molar refractivity (Wildman–Crippen MR) is 122 cm³/mol. The van der Waals surface area contributed by atoms with Crippen LogP contribution in [0.4, 0.5) is 8.78 Å². The van der Waals surface area contributed by atoms with Crippen LogP contribution < -0.4 is 0 Å². The van der Waals surface area contributed by atoms with Crippen LogP contribution in [-0.2, 0) is 20.1 Å². The quantitative estimate of drug-likeness (QED) is 0.204. The topological polar surface area (TPSA) is 25.8 Å². The Hall–Kier alpha value is -3.53. The average Bonchev–Trinajstić information content (AvgIpc) is 2.88. The molecule has 0 unspecified atom stereocenters. The maximum Gasteiger partial charge on any atom is 0.0765 e. The van der Waals surface area contributed by atoms with Gasteiger partial charge in [-0.05, 0) is 34.6 Å². The van der Waals surface area contributed by atoms with Gasteiger partial charge in [-0.3, -0.25) is 4.39 Å². The van der Waals surface area contributed by atoms with Gasteiger partial charge in [-0.2, -0.15) is 0 Å². The van der Waals surface area contributed by atoms with Gasteiger partial charge in [0.05, 0.1) is 11.6 Å². The summed E-state index contributed by atoms with van der Waals surface area (Å²) in [5.41, 5.74) is 5.39. The number of benzene rings is 3. The van der Waals surface area contributed by atoms with E-state index in [0.717, 1.165) is 23.4 Å². The molecule has 165 valence electrons. The molecule has 2 nitrogen and oxygen atoms in total. The molecule has 0 fully saturated rings. The third-order valence-electron chi connectivity index (χ3n) is 4.65. The molecule has 5 rings (SSSR count). The second-order valence-electron chi connectivity index (χ2n) is 6.83. The number of nitrogens with zero attached hydrogens (tertiary/aromatic N) is 2. The predicted octanol–water partition coefficient (Wildman–Crippen LogP) is 7.04. The van der Waals surface area contributed by atoms with E-state index in [0.29, 0.717) is 11.3 Å². The van der Waals surface area contributed by atoms with E-state index in [1.54, 1.807) is 24.4 Å². The average molecular weight is 613 g/mol. The first-order valence-electron chi connectivity index (χ1n) is 9.97. The molecule has 0 saturated carbocycles. The fraction of sp³-hybridized carbons (Fsp3) is 0. The van der Waals surface area contributed by atoms with Crippen molar-refractivity contribution in [2.45, 2.75) is 0 Å². The first-order chi connectivity index (χ1) is 15.7. The molecule has 1 radical (unpaired) electrons. The van der Waals surface area contributed by atoms with Crippen molar-refractivity contribution >= 4 is 0 Å². The largest absolute Gasteiger partial charge is 0.305 e. The van der Waals surface area contributed by atoms with Crippen LogP contribution in [-0.4, -0.2) is 9.97 Å². The number of hydrogen-bond donors (Lipinski definition) is 0. The first-order valence-corrected chi connectivity index (χ1v) is 9.97. The molecule has 3 aromatic carbocycles. The van der Waals surface area contributed by atoms with Gasteiger partial charge in [-0.1, -0.05) is 48.5 Å². The Labute approximate surface area is 205 Å². The zero-order chi connectivity index (χ0) is 22.2. The summed E-state index contributed by atoms with van der Waals surface area (Å²) in [7, 11) is 0. The van der Waals surface area contributed by atoms with Gasteiger partial charge in [-0.15, -0.1) is 59.7 Å². The van der Waals surface area contributed by atoms with Crippen molar-refractivity contribution in [2.75, 3.05) is 0 Å². The molecule has 0 N–H and O–H groups in total.